The van der Waals surface area contributed by atoms with Crippen LogP contribution in [0.4, 0.5) is 4.39 Å². The van der Waals surface area contributed by atoms with E-state index in [0.717, 1.165) is 5.69 Å². The predicted molar refractivity (Wildman–Crippen MR) is 51.3 cm³/mol. The molecule has 3 heteroatoms. The molecule has 0 amide bonds. The molecule has 0 bridgehead atoms. The Labute approximate surface area is 78.8 Å². The van der Waals surface area contributed by atoms with Crippen molar-refractivity contribution in [3.8, 4) is 0 Å². The Morgan fingerprint density at radius 2 is 1.92 bits per heavy atom. The van der Waals surface area contributed by atoms with Gasteiger partial charge in [-0.05, 0) is 13.8 Å². The summed E-state index contributed by atoms with van der Waals surface area (Å²) in [7, 11) is 0. The molecule has 1 aromatic heterocycles. The van der Waals surface area contributed by atoms with Gasteiger partial charge in [0.1, 0.15) is 0 Å². The quantitative estimate of drug-likeness (QED) is 0.656. The molecule has 0 saturated heterocycles. The topological polar surface area (TPSA) is 17.8 Å². The van der Waals surface area contributed by atoms with Crippen molar-refractivity contribution in [3.63, 3.8) is 0 Å². The minimum atomic E-state index is -0.201. The van der Waals surface area contributed by atoms with Crippen LogP contribution in [0.25, 0.3) is 0 Å². The van der Waals surface area contributed by atoms with E-state index >= 15 is 0 Å². The van der Waals surface area contributed by atoms with E-state index in [4.69, 9.17) is 0 Å². The largest absolute Gasteiger partial charge is 0.239 e. The van der Waals surface area contributed by atoms with Crippen LogP contribution in [0, 0.1) is 12.9 Å². The number of rotatable bonds is 1. The van der Waals surface area contributed by atoms with Crippen LogP contribution in [-0.4, -0.2) is 9.78 Å². The number of halogens is 1. The number of aryl methyl sites for hydroxylation is 1. The normalized spacial score (nSPS) is 12.2. The van der Waals surface area contributed by atoms with Crippen molar-refractivity contribution in [2.24, 2.45) is 0 Å². The molecule has 13 heavy (non-hydrogen) atoms. The number of nitrogens with zero attached hydrogens (tertiary/aromatic N) is 2. The van der Waals surface area contributed by atoms with Crippen molar-refractivity contribution in [2.75, 3.05) is 0 Å². The molecule has 0 radical (unpaired) electrons. The smallest absolute Gasteiger partial charge is 0.214 e. The molecule has 1 heterocycles. The van der Waals surface area contributed by atoms with Crippen LogP contribution >= 0.6 is 0 Å². The maximum Gasteiger partial charge on any atom is 0.214 e. The van der Waals surface area contributed by atoms with E-state index in [2.05, 4.69) is 5.10 Å². The van der Waals surface area contributed by atoms with E-state index in [1.807, 2.05) is 27.7 Å². The third kappa shape index (κ3) is 1.74. The second-order valence-corrected chi connectivity index (χ2v) is 4.33. The van der Waals surface area contributed by atoms with Gasteiger partial charge in [0.05, 0.1) is 5.69 Å². The summed E-state index contributed by atoms with van der Waals surface area (Å²) in [5.74, 6) is -0.201. The summed E-state index contributed by atoms with van der Waals surface area (Å²) < 4.78 is 14.9. The van der Waals surface area contributed by atoms with Gasteiger partial charge in [0, 0.05) is 17.5 Å². The molecule has 0 aromatic carbocycles. The number of hydrogen-bond donors (Lipinski definition) is 0. The number of hydrogen-bond acceptors (Lipinski definition) is 1. The zero-order chi connectivity index (χ0) is 10.2. The maximum atomic E-state index is 13.5. The lowest BCUT2D eigenvalue weighted by atomic mass is 9.90. The molecule has 0 aliphatic carbocycles. The van der Waals surface area contributed by atoms with Gasteiger partial charge in [-0.25, -0.2) is 4.68 Å². The van der Waals surface area contributed by atoms with Crippen molar-refractivity contribution >= 4 is 0 Å². The monoisotopic (exact) mass is 184 g/mol. The zero-order valence-electron chi connectivity index (χ0n) is 8.98. The molecular formula is C10H17FN2. The van der Waals surface area contributed by atoms with Gasteiger partial charge < -0.3 is 0 Å². The molecule has 0 atom stereocenters. The first-order valence-electron chi connectivity index (χ1n) is 4.61. The van der Waals surface area contributed by atoms with E-state index in [-0.39, 0.29) is 11.4 Å². The molecule has 1 rings (SSSR count). The summed E-state index contributed by atoms with van der Waals surface area (Å²) >= 11 is 0. The molecule has 0 N–H and O–H groups in total. The molecule has 0 aliphatic heterocycles. The highest BCUT2D eigenvalue weighted by atomic mass is 19.1. The average molecular weight is 184 g/mol. The fourth-order valence-corrected chi connectivity index (χ4v) is 1.45. The maximum absolute atomic E-state index is 13.5. The van der Waals surface area contributed by atoms with Gasteiger partial charge in [-0.3, -0.25) is 0 Å². The average Bonchev–Trinajstić information content (AvgIpc) is 2.28. The highest BCUT2D eigenvalue weighted by Gasteiger charge is 2.23. The summed E-state index contributed by atoms with van der Waals surface area (Å²) in [4.78, 5) is 0. The van der Waals surface area contributed by atoms with Crippen molar-refractivity contribution in [1.82, 2.24) is 9.78 Å². The highest BCUT2D eigenvalue weighted by Crippen LogP contribution is 2.25. The summed E-state index contributed by atoms with van der Waals surface area (Å²) in [5, 5.41) is 4.24. The predicted octanol–water partition coefficient (Wildman–Crippen LogP) is 2.65. The van der Waals surface area contributed by atoms with Gasteiger partial charge in [-0.1, -0.05) is 20.8 Å². The van der Waals surface area contributed by atoms with Gasteiger partial charge in [-0.15, -0.1) is 0 Å². The Balaban J connectivity index is 3.25. The molecular weight excluding hydrogens is 167 g/mol. The Morgan fingerprint density at radius 3 is 2.15 bits per heavy atom. The first kappa shape index (κ1) is 10.2. The van der Waals surface area contributed by atoms with Gasteiger partial charge >= 0.3 is 0 Å². The Kier molecular flexibility index (Phi) is 2.46. The molecule has 0 unspecified atom stereocenters. The second-order valence-electron chi connectivity index (χ2n) is 4.33. The van der Waals surface area contributed by atoms with E-state index in [0.29, 0.717) is 12.1 Å². The van der Waals surface area contributed by atoms with Gasteiger partial charge in [0.15, 0.2) is 0 Å². The highest BCUT2D eigenvalue weighted by molar-refractivity contribution is 5.23. The minimum Gasteiger partial charge on any atom is -0.239 e. The Hall–Kier alpha value is -0.860. The zero-order valence-corrected chi connectivity index (χ0v) is 8.98. The van der Waals surface area contributed by atoms with Gasteiger partial charge in [-0.2, -0.15) is 9.49 Å². The molecule has 0 fully saturated rings. The lowest BCUT2D eigenvalue weighted by Gasteiger charge is -2.15. The molecule has 0 aliphatic rings. The van der Waals surface area contributed by atoms with Crippen LogP contribution < -0.4 is 0 Å². The molecule has 0 spiro atoms. The van der Waals surface area contributed by atoms with Crippen molar-refractivity contribution in [2.45, 2.75) is 46.6 Å². The summed E-state index contributed by atoms with van der Waals surface area (Å²) in [6, 6.07) is 0. The van der Waals surface area contributed by atoms with Crippen LogP contribution in [-0.2, 0) is 12.0 Å². The van der Waals surface area contributed by atoms with Crippen LogP contribution in [0.3, 0.4) is 0 Å². The first-order chi connectivity index (χ1) is 5.88. The molecule has 2 nitrogen and oxygen atoms in total. The van der Waals surface area contributed by atoms with Crippen molar-refractivity contribution in [3.05, 3.63) is 17.2 Å². The molecule has 74 valence electrons. The molecule has 0 saturated carbocycles. The van der Waals surface area contributed by atoms with Crippen LogP contribution in [0.5, 0.6) is 0 Å². The van der Waals surface area contributed by atoms with Crippen molar-refractivity contribution < 1.29 is 4.39 Å². The first-order valence-corrected chi connectivity index (χ1v) is 4.61. The van der Waals surface area contributed by atoms with E-state index < -0.39 is 0 Å². The Bertz CT molecular complexity index is 307. The number of aromatic nitrogens is 2. The fraction of sp³-hybridized carbons (Fsp3) is 0.700. The third-order valence-electron chi connectivity index (χ3n) is 2.12. The van der Waals surface area contributed by atoms with Gasteiger partial charge in [0.25, 0.3) is 0 Å². The fourth-order valence-electron chi connectivity index (χ4n) is 1.45. The summed E-state index contributed by atoms with van der Waals surface area (Å²) in [6.07, 6.45) is 0. The van der Waals surface area contributed by atoms with E-state index in [9.17, 15) is 4.39 Å². The molecule has 1 aromatic rings. The summed E-state index contributed by atoms with van der Waals surface area (Å²) in [6.45, 7) is 10.4. The van der Waals surface area contributed by atoms with E-state index in [1.54, 1.807) is 6.92 Å². The summed E-state index contributed by atoms with van der Waals surface area (Å²) in [5.41, 5.74) is 1.45. The standard InChI is InChI=1S/C10H17FN2/c1-6-13-9(11)7(2)8(12-13)10(3,4)5/h6H2,1-5H3. The minimum absolute atomic E-state index is 0.0780. The Morgan fingerprint density at radius 1 is 1.38 bits per heavy atom. The van der Waals surface area contributed by atoms with Crippen LogP contribution in [0.1, 0.15) is 39.0 Å². The van der Waals surface area contributed by atoms with Crippen LogP contribution in [0.2, 0.25) is 0 Å². The lowest BCUT2D eigenvalue weighted by molar-refractivity contribution is 0.461. The van der Waals surface area contributed by atoms with E-state index in [1.165, 1.54) is 4.68 Å². The van der Waals surface area contributed by atoms with Gasteiger partial charge in [0.2, 0.25) is 5.95 Å². The lowest BCUT2D eigenvalue weighted by Crippen LogP contribution is -2.14. The SMILES string of the molecule is CCn1nc(C(C)(C)C)c(C)c1F. The van der Waals surface area contributed by atoms with Crippen molar-refractivity contribution in [1.29, 1.82) is 0 Å². The second kappa shape index (κ2) is 3.13. The third-order valence-corrected chi connectivity index (χ3v) is 2.12. The van der Waals surface area contributed by atoms with Crippen LogP contribution in [0.15, 0.2) is 0 Å².